The first kappa shape index (κ1) is 39.3. The van der Waals surface area contributed by atoms with Gasteiger partial charge in [0.1, 0.15) is 28.7 Å². The number of carboxylic acid groups (broad SMARTS) is 1. The van der Waals surface area contributed by atoms with Crippen molar-refractivity contribution in [2.24, 2.45) is 17.8 Å². The molecule has 10 heteroatoms. The van der Waals surface area contributed by atoms with Gasteiger partial charge in [-0.2, -0.15) is 0 Å². The smallest absolute Gasteiger partial charge is 0.335 e. The lowest BCUT2D eigenvalue weighted by molar-refractivity contribution is -0.167. The highest BCUT2D eigenvalue weighted by Gasteiger charge is 2.55. The molecule has 0 aromatic heterocycles. The van der Waals surface area contributed by atoms with Gasteiger partial charge in [-0.05, 0) is 103 Å². The van der Waals surface area contributed by atoms with Gasteiger partial charge >= 0.3 is 11.9 Å². The lowest BCUT2D eigenvalue weighted by atomic mass is 9.63. The predicted octanol–water partition coefficient (Wildman–Crippen LogP) is 9.00. The Hall–Kier alpha value is -6.42. The Balaban J connectivity index is 1.20. The van der Waals surface area contributed by atoms with Gasteiger partial charge in [0.05, 0.1) is 23.3 Å². The predicted molar refractivity (Wildman–Crippen MR) is 211 cm³/mol. The van der Waals surface area contributed by atoms with Crippen LogP contribution in [0.4, 0.5) is 0 Å². The second kappa shape index (κ2) is 18.8. The highest BCUT2D eigenvalue weighted by atomic mass is 16.5. The van der Waals surface area contributed by atoms with E-state index in [0.29, 0.717) is 49.7 Å². The van der Waals surface area contributed by atoms with E-state index in [2.05, 4.69) is 0 Å². The minimum absolute atomic E-state index is 0.0522. The van der Waals surface area contributed by atoms with Gasteiger partial charge in [-0.1, -0.05) is 74.5 Å². The Kier molecular flexibility index (Phi) is 13.2. The molecule has 5 aromatic carbocycles. The van der Waals surface area contributed by atoms with E-state index >= 15 is 0 Å². The quantitative estimate of drug-likeness (QED) is 0.0738. The Bertz CT molecular complexity index is 2070. The average molecular weight is 755 g/mol. The fourth-order valence-corrected chi connectivity index (χ4v) is 6.89. The molecule has 0 unspecified atom stereocenters. The fourth-order valence-electron chi connectivity index (χ4n) is 6.89. The maximum absolute atomic E-state index is 14.6. The van der Waals surface area contributed by atoms with Crippen LogP contribution in [0.25, 0.3) is 0 Å². The number of ether oxygens (including phenoxy) is 3. The molecule has 0 spiro atoms. The van der Waals surface area contributed by atoms with Crippen LogP contribution in [0, 0.1) is 17.8 Å². The van der Waals surface area contributed by atoms with Crippen LogP contribution in [0.5, 0.6) is 28.7 Å². The number of nitrogens with zero attached hydrogens (tertiary/aromatic N) is 2. The number of carbonyl (C=O) groups excluding carboxylic acids is 3. The van der Waals surface area contributed by atoms with E-state index in [-0.39, 0.29) is 36.1 Å². The van der Waals surface area contributed by atoms with Crippen molar-refractivity contribution in [3.05, 3.63) is 150 Å². The summed E-state index contributed by atoms with van der Waals surface area (Å²) in [6.45, 7) is 5.48. The number of para-hydroxylation sites is 2. The Morgan fingerprint density at radius 2 is 0.982 bits per heavy atom. The number of esters is 1. The highest BCUT2D eigenvalue weighted by Crippen LogP contribution is 2.44. The molecule has 0 saturated heterocycles. The third-order valence-corrected chi connectivity index (χ3v) is 9.76. The van der Waals surface area contributed by atoms with Gasteiger partial charge in [0.15, 0.2) is 0 Å². The van der Waals surface area contributed by atoms with E-state index < -0.39 is 29.7 Å². The lowest BCUT2D eigenvalue weighted by Crippen LogP contribution is -2.57. The second-order valence-corrected chi connectivity index (χ2v) is 13.9. The molecule has 0 bridgehead atoms. The zero-order valence-electron chi connectivity index (χ0n) is 31.6. The van der Waals surface area contributed by atoms with Gasteiger partial charge < -0.3 is 29.1 Å². The van der Waals surface area contributed by atoms with Crippen molar-refractivity contribution in [3.8, 4) is 28.7 Å². The molecule has 1 saturated carbocycles. The standard InChI is InChI=1S/C46H46N2O8/c1-3-27-47(30-32-15-21-37(22-16-32)54-35-11-7-5-8-12-35)43(49)40-29-41(46(53)56-39-25-19-34(20-26-39)45(51)52)42(40)44(50)48(28-4-2)31-33-17-23-38(24-18-33)55-36-13-9-6-10-14-36/h5-26,40-42H,3-4,27-31H2,1-2H3,(H,51,52)/t40-,41-,42+/m1/s1. The van der Waals surface area contributed by atoms with Crippen LogP contribution in [0.2, 0.25) is 0 Å². The largest absolute Gasteiger partial charge is 0.478 e. The van der Waals surface area contributed by atoms with Crippen molar-refractivity contribution in [3.63, 3.8) is 0 Å². The summed E-state index contributed by atoms with van der Waals surface area (Å²) in [6.07, 6.45) is 1.52. The molecular formula is C46H46N2O8. The number of carbonyl (C=O) groups is 4. The van der Waals surface area contributed by atoms with E-state index in [0.717, 1.165) is 16.9 Å². The van der Waals surface area contributed by atoms with Crippen LogP contribution in [0.3, 0.4) is 0 Å². The lowest BCUT2D eigenvalue weighted by Gasteiger charge is -2.45. The van der Waals surface area contributed by atoms with E-state index in [4.69, 9.17) is 14.2 Å². The first-order valence-electron chi connectivity index (χ1n) is 19.0. The molecule has 0 aliphatic heterocycles. The summed E-state index contributed by atoms with van der Waals surface area (Å²) in [6, 6.07) is 39.6. The molecule has 3 atom stereocenters. The van der Waals surface area contributed by atoms with E-state index in [9.17, 15) is 24.3 Å². The molecule has 0 radical (unpaired) electrons. The van der Waals surface area contributed by atoms with Crippen LogP contribution in [0.15, 0.2) is 133 Å². The average Bonchev–Trinajstić information content (AvgIpc) is 3.19. The van der Waals surface area contributed by atoms with Crippen molar-refractivity contribution in [2.45, 2.75) is 46.2 Å². The normalized spacial score (nSPS) is 15.9. The van der Waals surface area contributed by atoms with Crippen LogP contribution < -0.4 is 14.2 Å². The SMILES string of the molecule is CCCN(Cc1ccc(Oc2ccccc2)cc1)C(=O)[C@@H]1[C@H](C(=O)Oc2ccc(C(=O)O)cc2)C[C@H]1C(=O)N(CCC)Cc1ccc(Oc2ccccc2)cc1. The maximum atomic E-state index is 14.6. The van der Waals surface area contributed by atoms with Crippen molar-refractivity contribution >= 4 is 23.8 Å². The molecule has 1 fully saturated rings. The van der Waals surface area contributed by atoms with Crippen molar-refractivity contribution < 1.29 is 38.5 Å². The Labute approximate surface area is 327 Å². The molecule has 288 valence electrons. The number of amides is 2. The highest BCUT2D eigenvalue weighted by molar-refractivity contribution is 5.95. The zero-order chi connectivity index (χ0) is 39.4. The van der Waals surface area contributed by atoms with Crippen LogP contribution in [0.1, 0.15) is 54.6 Å². The molecular weight excluding hydrogens is 709 g/mol. The number of hydrogen-bond donors (Lipinski definition) is 1. The zero-order valence-corrected chi connectivity index (χ0v) is 31.6. The molecule has 10 nitrogen and oxygen atoms in total. The van der Waals surface area contributed by atoms with Gasteiger partial charge in [0.25, 0.3) is 0 Å². The topological polar surface area (TPSA) is 123 Å². The second-order valence-electron chi connectivity index (χ2n) is 13.9. The number of benzene rings is 5. The number of rotatable bonds is 17. The van der Waals surface area contributed by atoms with E-state index in [1.165, 1.54) is 24.3 Å². The van der Waals surface area contributed by atoms with E-state index in [1.54, 1.807) is 9.80 Å². The first-order valence-corrected chi connectivity index (χ1v) is 19.0. The summed E-state index contributed by atoms with van der Waals surface area (Å²) in [5.74, 6) is -1.83. The summed E-state index contributed by atoms with van der Waals surface area (Å²) in [7, 11) is 0. The minimum atomic E-state index is -1.10. The maximum Gasteiger partial charge on any atom is 0.335 e. The van der Waals surface area contributed by atoms with Crippen molar-refractivity contribution in [2.75, 3.05) is 13.1 Å². The molecule has 2 amide bonds. The fraction of sp³-hybridized carbons (Fsp3) is 0.261. The summed E-state index contributed by atoms with van der Waals surface area (Å²) in [4.78, 5) is 57.6. The van der Waals surface area contributed by atoms with Crippen LogP contribution in [-0.4, -0.2) is 51.7 Å². The monoisotopic (exact) mass is 754 g/mol. The Morgan fingerprint density at radius 1 is 0.554 bits per heavy atom. The number of aromatic carboxylic acids is 1. The number of carboxylic acids is 1. The molecule has 0 heterocycles. The molecule has 6 rings (SSSR count). The minimum Gasteiger partial charge on any atom is -0.478 e. The van der Waals surface area contributed by atoms with Crippen molar-refractivity contribution in [1.82, 2.24) is 9.80 Å². The third kappa shape index (κ3) is 10.0. The van der Waals surface area contributed by atoms with Gasteiger partial charge in [0, 0.05) is 26.2 Å². The van der Waals surface area contributed by atoms with Crippen molar-refractivity contribution in [1.29, 1.82) is 0 Å². The van der Waals surface area contributed by atoms with Gasteiger partial charge in [0.2, 0.25) is 11.8 Å². The summed E-state index contributed by atoms with van der Waals surface area (Å²) in [5, 5.41) is 9.29. The molecule has 1 aliphatic rings. The molecule has 5 aromatic rings. The van der Waals surface area contributed by atoms with Gasteiger partial charge in [-0.15, -0.1) is 0 Å². The Morgan fingerprint density at radius 3 is 1.43 bits per heavy atom. The molecule has 1 N–H and O–H groups in total. The van der Waals surface area contributed by atoms with Crippen LogP contribution >= 0.6 is 0 Å². The summed E-state index contributed by atoms with van der Waals surface area (Å²) >= 11 is 0. The van der Waals surface area contributed by atoms with E-state index in [1.807, 2.05) is 123 Å². The first-order chi connectivity index (χ1) is 27.2. The number of hydrogen-bond acceptors (Lipinski definition) is 7. The summed E-state index contributed by atoms with van der Waals surface area (Å²) < 4.78 is 17.6. The molecule has 1 aliphatic carbocycles. The third-order valence-electron chi connectivity index (χ3n) is 9.76. The van der Waals surface area contributed by atoms with Gasteiger partial charge in [-0.3, -0.25) is 14.4 Å². The van der Waals surface area contributed by atoms with Crippen LogP contribution in [-0.2, 0) is 27.5 Å². The summed E-state index contributed by atoms with van der Waals surface area (Å²) in [5.41, 5.74) is 1.83. The van der Waals surface area contributed by atoms with Gasteiger partial charge in [-0.25, -0.2) is 4.79 Å². The molecule has 56 heavy (non-hydrogen) atoms.